The average molecular weight is 256 g/mol. The number of nitrogens with zero attached hydrogens (tertiary/aromatic N) is 2. The molecule has 0 amide bonds. The number of aliphatic carboxylic acids is 1. The van der Waals surface area contributed by atoms with E-state index in [4.69, 9.17) is 0 Å². The van der Waals surface area contributed by atoms with Crippen molar-refractivity contribution >= 4 is 5.97 Å². The molecular weight excluding hydrogens is 228 g/mol. The van der Waals surface area contributed by atoms with Crippen molar-refractivity contribution in [1.82, 2.24) is 9.80 Å². The van der Waals surface area contributed by atoms with Gasteiger partial charge < -0.3 is 10.0 Å². The maximum atomic E-state index is 11.4. The molecule has 0 aromatic rings. The molecule has 1 rings (SSSR count). The summed E-state index contributed by atoms with van der Waals surface area (Å²) in [5.74, 6) is -0.652. The van der Waals surface area contributed by atoms with E-state index in [1.165, 1.54) is 13.0 Å². The smallest absolute Gasteiger partial charge is 0.310 e. The molecule has 1 saturated heterocycles. The van der Waals surface area contributed by atoms with Gasteiger partial charge in [0.15, 0.2) is 0 Å². The van der Waals surface area contributed by atoms with Crippen molar-refractivity contribution in [2.45, 2.75) is 40.0 Å². The SMILES string of the molecule is CCCN1CCN(CC(C)(CCC)C(=O)O)CC1. The quantitative estimate of drug-likeness (QED) is 0.755. The molecule has 4 nitrogen and oxygen atoms in total. The fraction of sp³-hybridized carbons (Fsp3) is 0.929. The minimum Gasteiger partial charge on any atom is -0.481 e. The molecule has 1 aliphatic heterocycles. The van der Waals surface area contributed by atoms with Crippen LogP contribution in [-0.4, -0.2) is 60.1 Å². The molecule has 0 aromatic carbocycles. The molecule has 1 aliphatic rings. The molecular formula is C14H28N2O2. The number of piperazine rings is 1. The van der Waals surface area contributed by atoms with Gasteiger partial charge in [0, 0.05) is 32.7 Å². The molecule has 0 radical (unpaired) electrons. The van der Waals surface area contributed by atoms with E-state index < -0.39 is 11.4 Å². The summed E-state index contributed by atoms with van der Waals surface area (Å²) in [7, 11) is 0. The monoisotopic (exact) mass is 256 g/mol. The van der Waals surface area contributed by atoms with Crippen LogP contribution in [-0.2, 0) is 4.79 Å². The minimum absolute atomic E-state index is 0.582. The second-order valence-electron chi connectivity index (χ2n) is 5.73. The maximum Gasteiger partial charge on any atom is 0.310 e. The van der Waals surface area contributed by atoms with Crippen LogP contribution in [0.3, 0.4) is 0 Å². The molecule has 0 bridgehead atoms. The average Bonchev–Trinajstić information content (AvgIpc) is 2.32. The van der Waals surface area contributed by atoms with E-state index in [1.54, 1.807) is 0 Å². The fourth-order valence-corrected chi connectivity index (χ4v) is 2.79. The molecule has 0 saturated carbocycles. The minimum atomic E-state index is -0.652. The van der Waals surface area contributed by atoms with Crippen LogP contribution >= 0.6 is 0 Å². The van der Waals surface area contributed by atoms with E-state index in [1.807, 2.05) is 6.92 Å². The summed E-state index contributed by atoms with van der Waals surface area (Å²) in [5, 5.41) is 9.39. The Balaban J connectivity index is 2.45. The normalized spacial score (nSPS) is 21.7. The third-order valence-electron chi connectivity index (χ3n) is 3.90. The van der Waals surface area contributed by atoms with Crippen molar-refractivity contribution in [3.05, 3.63) is 0 Å². The first-order chi connectivity index (χ1) is 8.51. The molecule has 1 heterocycles. The lowest BCUT2D eigenvalue weighted by atomic mass is 9.85. The first kappa shape index (κ1) is 15.4. The lowest BCUT2D eigenvalue weighted by Crippen LogP contribution is -2.51. The summed E-state index contributed by atoms with van der Waals surface area (Å²) >= 11 is 0. The van der Waals surface area contributed by atoms with Crippen molar-refractivity contribution in [1.29, 1.82) is 0 Å². The van der Waals surface area contributed by atoms with Gasteiger partial charge in [0.25, 0.3) is 0 Å². The standard InChI is InChI=1S/C14H28N2O2/c1-4-6-14(3,13(17)18)12-16-10-8-15(7-5-2)9-11-16/h4-12H2,1-3H3,(H,17,18). The zero-order valence-corrected chi connectivity index (χ0v) is 12.1. The van der Waals surface area contributed by atoms with Crippen LogP contribution < -0.4 is 0 Å². The molecule has 0 spiro atoms. The molecule has 106 valence electrons. The second kappa shape index (κ2) is 7.10. The lowest BCUT2D eigenvalue weighted by Gasteiger charge is -2.38. The van der Waals surface area contributed by atoms with Crippen molar-refractivity contribution < 1.29 is 9.90 Å². The highest BCUT2D eigenvalue weighted by Crippen LogP contribution is 2.25. The van der Waals surface area contributed by atoms with Crippen LogP contribution in [0.2, 0.25) is 0 Å². The summed E-state index contributed by atoms with van der Waals surface area (Å²) in [4.78, 5) is 16.2. The van der Waals surface area contributed by atoms with Gasteiger partial charge in [0.1, 0.15) is 0 Å². The van der Waals surface area contributed by atoms with Gasteiger partial charge in [-0.15, -0.1) is 0 Å². The van der Waals surface area contributed by atoms with Crippen molar-refractivity contribution in [2.75, 3.05) is 39.3 Å². The summed E-state index contributed by atoms with van der Waals surface area (Å²) in [5.41, 5.74) is -0.582. The van der Waals surface area contributed by atoms with Crippen LogP contribution in [0.25, 0.3) is 0 Å². The van der Waals surface area contributed by atoms with Crippen molar-refractivity contribution in [3.8, 4) is 0 Å². The summed E-state index contributed by atoms with van der Waals surface area (Å²) in [6.45, 7) is 12.2. The van der Waals surface area contributed by atoms with Crippen LogP contribution in [0.15, 0.2) is 0 Å². The second-order valence-corrected chi connectivity index (χ2v) is 5.73. The number of carboxylic acids is 1. The van der Waals surface area contributed by atoms with Gasteiger partial charge in [-0.25, -0.2) is 0 Å². The zero-order valence-electron chi connectivity index (χ0n) is 12.1. The van der Waals surface area contributed by atoms with Gasteiger partial charge >= 0.3 is 5.97 Å². The maximum absolute atomic E-state index is 11.4. The number of hydrogen-bond acceptors (Lipinski definition) is 3. The van der Waals surface area contributed by atoms with Gasteiger partial charge in [-0.05, 0) is 26.3 Å². The van der Waals surface area contributed by atoms with E-state index in [0.29, 0.717) is 6.54 Å². The Morgan fingerprint density at radius 3 is 2.11 bits per heavy atom. The molecule has 1 fully saturated rings. The highest BCUT2D eigenvalue weighted by molar-refractivity contribution is 5.74. The zero-order chi connectivity index (χ0) is 13.6. The van der Waals surface area contributed by atoms with Gasteiger partial charge in [-0.1, -0.05) is 20.3 Å². The molecule has 0 aliphatic carbocycles. The molecule has 18 heavy (non-hydrogen) atoms. The van der Waals surface area contributed by atoms with Crippen LogP contribution in [0.1, 0.15) is 40.0 Å². The highest BCUT2D eigenvalue weighted by atomic mass is 16.4. The summed E-state index contributed by atoms with van der Waals surface area (Å²) in [6, 6.07) is 0. The molecule has 0 aromatic heterocycles. The molecule has 1 atom stereocenters. The molecule has 1 unspecified atom stereocenters. The largest absolute Gasteiger partial charge is 0.481 e. The fourth-order valence-electron chi connectivity index (χ4n) is 2.79. The highest BCUT2D eigenvalue weighted by Gasteiger charge is 2.34. The lowest BCUT2D eigenvalue weighted by molar-refractivity contribution is -0.149. The Morgan fingerprint density at radius 2 is 1.67 bits per heavy atom. The Morgan fingerprint density at radius 1 is 1.11 bits per heavy atom. The Kier molecular flexibility index (Phi) is 6.09. The topological polar surface area (TPSA) is 43.8 Å². The van der Waals surface area contributed by atoms with Gasteiger partial charge in [0.05, 0.1) is 5.41 Å². The summed E-state index contributed by atoms with van der Waals surface area (Å²) in [6.07, 6.45) is 2.89. The van der Waals surface area contributed by atoms with Crippen LogP contribution in [0, 0.1) is 5.41 Å². The van der Waals surface area contributed by atoms with E-state index in [0.717, 1.165) is 39.0 Å². The van der Waals surface area contributed by atoms with Gasteiger partial charge in [0.2, 0.25) is 0 Å². The first-order valence-electron chi connectivity index (χ1n) is 7.20. The Hall–Kier alpha value is -0.610. The van der Waals surface area contributed by atoms with E-state index >= 15 is 0 Å². The van der Waals surface area contributed by atoms with E-state index in [9.17, 15) is 9.90 Å². The third kappa shape index (κ3) is 4.25. The third-order valence-corrected chi connectivity index (χ3v) is 3.90. The van der Waals surface area contributed by atoms with Gasteiger partial charge in [-0.2, -0.15) is 0 Å². The molecule has 4 heteroatoms. The Bertz CT molecular complexity index is 263. The predicted octanol–water partition coefficient (Wildman–Crippen LogP) is 1.91. The van der Waals surface area contributed by atoms with Crippen molar-refractivity contribution in [3.63, 3.8) is 0 Å². The summed E-state index contributed by atoms with van der Waals surface area (Å²) < 4.78 is 0. The first-order valence-corrected chi connectivity index (χ1v) is 7.20. The Labute approximate surface area is 111 Å². The van der Waals surface area contributed by atoms with Crippen LogP contribution in [0.4, 0.5) is 0 Å². The van der Waals surface area contributed by atoms with Crippen molar-refractivity contribution in [2.24, 2.45) is 5.41 Å². The van der Waals surface area contributed by atoms with Gasteiger partial charge in [-0.3, -0.25) is 9.69 Å². The number of carboxylic acid groups (broad SMARTS) is 1. The number of hydrogen-bond donors (Lipinski definition) is 1. The number of carbonyl (C=O) groups is 1. The van der Waals surface area contributed by atoms with Crippen LogP contribution in [0.5, 0.6) is 0 Å². The molecule has 1 N–H and O–H groups in total. The predicted molar refractivity (Wildman–Crippen MR) is 73.8 cm³/mol. The van der Waals surface area contributed by atoms with E-state index in [-0.39, 0.29) is 0 Å². The van der Waals surface area contributed by atoms with E-state index in [2.05, 4.69) is 23.6 Å². The number of rotatable bonds is 7.